The number of benzene rings is 2. The van der Waals surface area contributed by atoms with Crippen LogP contribution < -0.4 is 5.32 Å². The molecule has 29 heavy (non-hydrogen) atoms. The van der Waals surface area contributed by atoms with Gasteiger partial charge in [-0.25, -0.2) is 4.79 Å². The number of hydrogen-bond acceptors (Lipinski definition) is 5. The van der Waals surface area contributed by atoms with Crippen molar-refractivity contribution in [1.82, 2.24) is 5.32 Å². The van der Waals surface area contributed by atoms with Gasteiger partial charge in [0.25, 0.3) is 5.91 Å². The number of amides is 1. The number of halogens is 1. The summed E-state index contributed by atoms with van der Waals surface area (Å²) in [6.45, 7) is 3.72. The molecular weight excluding hydrogens is 394 g/mol. The van der Waals surface area contributed by atoms with E-state index in [-0.39, 0.29) is 19.1 Å². The normalized spacial score (nSPS) is 11.6. The van der Waals surface area contributed by atoms with Gasteiger partial charge >= 0.3 is 11.9 Å². The summed E-state index contributed by atoms with van der Waals surface area (Å²) in [7, 11) is 1.31. The number of ether oxygens (including phenoxy) is 2. The Hall–Kier alpha value is -2.86. The first-order chi connectivity index (χ1) is 13.8. The highest BCUT2D eigenvalue weighted by atomic mass is 35.5. The molecule has 0 saturated heterocycles. The molecule has 0 unspecified atom stereocenters. The van der Waals surface area contributed by atoms with Crippen LogP contribution in [0.1, 0.15) is 41.3 Å². The van der Waals surface area contributed by atoms with Crippen molar-refractivity contribution >= 4 is 29.4 Å². The van der Waals surface area contributed by atoms with E-state index in [2.05, 4.69) is 10.1 Å². The summed E-state index contributed by atoms with van der Waals surface area (Å²) < 4.78 is 9.86. The van der Waals surface area contributed by atoms with Gasteiger partial charge in [0, 0.05) is 11.6 Å². The maximum Gasteiger partial charge on any atom is 0.337 e. The number of methoxy groups -OCH3 is 1. The van der Waals surface area contributed by atoms with Crippen molar-refractivity contribution in [3.8, 4) is 0 Å². The monoisotopic (exact) mass is 417 g/mol. The third-order valence-electron chi connectivity index (χ3n) is 4.36. The van der Waals surface area contributed by atoms with Crippen molar-refractivity contribution in [2.45, 2.75) is 26.3 Å². The van der Waals surface area contributed by atoms with Crippen LogP contribution in [0.4, 0.5) is 0 Å². The summed E-state index contributed by atoms with van der Waals surface area (Å²) in [5.41, 5.74) is 2.03. The fraction of sp³-hybridized carbons (Fsp3) is 0.318. The standard InChI is InChI=1S/C22H24ClNO5/c1-14(2)20(16-8-10-18(23)11-9-16)22(27)29-13-19(25)24-12-15-4-6-17(7-5-15)21(26)28-3/h4-11,14,20H,12-13H2,1-3H3,(H,24,25)/t20-/m1/s1. The summed E-state index contributed by atoms with van der Waals surface area (Å²) in [5, 5.41) is 3.27. The quantitative estimate of drug-likeness (QED) is 0.662. The van der Waals surface area contributed by atoms with Crippen LogP contribution in [-0.4, -0.2) is 31.6 Å². The van der Waals surface area contributed by atoms with E-state index < -0.39 is 23.8 Å². The van der Waals surface area contributed by atoms with Gasteiger partial charge in [0.2, 0.25) is 0 Å². The Morgan fingerprint density at radius 3 is 2.17 bits per heavy atom. The zero-order valence-electron chi connectivity index (χ0n) is 16.6. The molecule has 0 aliphatic heterocycles. The molecule has 0 aliphatic rings. The van der Waals surface area contributed by atoms with Crippen LogP contribution in [-0.2, 0) is 25.6 Å². The Kier molecular flexibility index (Phi) is 8.21. The van der Waals surface area contributed by atoms with Gasteiger partial charge in [0.05, 0.1) is 18.6 Å². The van der Waals surface area contributed by atoms with Crippen molar-refractivity contribution in [2.24, 2.45) is 5.92 Å². The van der Waals surface area contributed by atoms with Crippen LogP contribution in [0.25, 0.3) is 0 Å². The predicted molar refractivity (Wildman–Crippen MR) is 110 cm³/mol. The van der Waals surface area contributed by atoms with Crippen molar-refractivity contribution < 1.29 is 23.9 Å². The molecule has 2 aromatic rings. The minimum Gasteiger partial charge on any atom is -0.465 e. The van der Waals surface area contributed by atoms with Crippen LogP contribution >= 0.6 is 11.6 Å². The van der Waals surface area contributed by atoms with Gasteiger partial charge in [-0.1, -0.05) is 49.7 Å². The van der Waals surface area contributed by atoms with Crippen molar-refractivity contribution in [3.05, 3.63) is 70.2 Å². The van der Waals surface area contributed by atoms with Crippen LogP contribution in [0, 0.1) is 5.92 Å². The van der Waals surface area contributed by atoms with Gasteiger partial charge in [-0.2, -0.15) is 0 Å². The molecule has 1 amide bonds. The Labute approximate surface area is 175 Å². The fourth-order valence-electron chi connectivity index (χ4n) is 2.82. The Bertz CT molecular complexity index is 847. The van der Waals surface area contributed by atoms with Gasteiger partial charge < -0.3 is 14.8 Å². The van der Waals surface area contributed by atoms with E-state index >= 15 is 0 Å². The molecule has 0 aromatic heterocycles. The lowest BCUT2D eigenvalue weighted by atomic mass is 9.88. The van der Waals surface area contributed by atoms with Gasteiger partial charge in [-0.3, -0.25) is 9.59 Å². The average Bonchev–Trinajstić information content (AvgIpc) is 2.71. The molecule has 1 N–H and O–H groups in total. The first-order valence-corrected chi connectivity index (χ1v) is 9.55. The second-order valence-electron chi connectivity index (χ2n) is 6.85. The predicted octanol–water partition coefficient (Wildman–Crippen LogP) is 3.73. The van der Waals surface area contributed by atoms with Gasteiger partial charge in [0.1, 0.15) is 0 Å². The molecule has 0 radical (unpaired) electrons. The van der Waals surface area contributed by atoms with Gasteiger partial charge in [-0.05, 0) is 41.3 Å². The number of nitrogens with one attached hydrogen (secondary N) is 1. The SMILES string of the molecule is COC(=O)c1ccc(CNC(=O)COC(=O)[C@@H](c2ccc(Cl)cc2)C(C)C)cc1. The Morgan fingerprint density at radius 1 is 1.00 bits per heavy atom. The lowest BCUT2D eigenvalue weighted by Crippen LogP contribution is -2.30. The van der Waals surface area contributed by atoms with E-state index in [4.69, 9.17) is 16.3 Å². The van der Waals surface area contributed by atoms with E-state index in [0.29, 0.717) is 10.6 Å². The van der Waals surface area contributed by atoms with Crippen molar-refractivity contribution in [2.75, 3.05) is 13.7 Å². The molecular formula is C22H24ClNO5. The van der Waals surface area contributed by atoms with Crippen LogP contribution in [0.2, 0.25) is 5.02 Å². The third-order valence-corrected chi connectivity index (χ3v) is 4.61. The van der Waals surface area contributed by atoms with E-state index in [1.807, 2.05) is 13.8 Å². The summed E-state index contributed by atoms with van der Waals surface area (Å²) >= 11 is 5.90. The highest BCUT2D eigenvalue weighted by molar-refractivity contribution is 6.30. The summed E-state index contributed by atoms with van der Waals surface area (Å²) in [6, 6.07) is 13.7. The largest absolute Gasteiger partial charge is 0.465 e. The summed E-state index contributed by atoms with van der Waals surface area (Å²) in [6.07, 6.45) is 0. The summed E-state index contributed by atoms with van der Waals surface area (Å²) in [4.78, 5) is 36.0. The van der Waals surface area contributed by atoms with E-state index in [0.717, 1.165) is 11.1 Å². The molecule has 7 heteroatoms. The molecule has 0 fully saturated rings. The highest BCUT2D eigenvalue weighted by Gasteiger charge is 2.26. The Morgan fingerprint density at radius 2 is 1.62 bits per heavy atom. The molecule has 2 rings (SSSR count). The number of esters is 2. The van der Waals surface area contributed by atoms with Gasteiger partial charge in [-0.15, -0.1) is 0 Å². The highest BCUT2D eigenvalue weighted by Crippen LogP contribution is 2.27. The molecule has 1 atom stereocenters. The maximum atomic E-state index is 12.5. The zero-order valence-corrected chi connectivity index (χ0v) is 17.4. The van der Waals surface area contributed by atoms with Crippen LogP contribution in [0.3, 0.4) is 0 Å². The van der Waals surface area contributed by atoms with Crippen molar-refractivity contribution in [3.63, 3.8) is 0 Å². The molecule has 2 aromatic carbocycles. The Balaban J connectivity index is 1.86. The average molecular weight is 418 g/mol. The first-order valence-electron chi connectivity index (χ1n) is 9.18. The van der Waals surface area contributed by atoms with Crippen LogP contribution in [0.15, 0.2) is 48.5 Å². The first kappa shape index (κ1) is 22.4. The molecule has 6 nitrogen and oxygen atoms in total. The van der Waals surface area contributed by atoms with E-state index in [9.17, 15) is 14.4 Å². The zero-order chi connectivity index (χ0) is 21.4. The molecule has 0 aliphatic carbocycles. The second-order valence-corrected chi connectivity index (χ2v) is 7.28. The number of carbonyl (C=O) groups is 3. The third kappa shape index (κ3) is 6.61. The maximum absolute atomic E-state index is 12.5. The molecule has 154 valence electrons. The van der Waals surface area contributed by atoms with Gasteiger partial charge in [0.15, 0.2) is 6.61 Å². The molecule has 0 spiro atoms. The molecule has 0 bridgehead atoms. The van der Waals surface area contributed by atoms with Crippen molar-refractivity contribution in [1.29, 1.82) is 0 Å². The lowest BCUT2D eigenvalue weighted by molar-refractivity contribution is -0.151. The minimum absolute atomic E-state index is 0.0000575. The second kappa shape index (κ2) is 10.6. The topological polar surface area (TPSA) is 81.7 Å². The number of rotatable bonds is 8. The number of hydrogen-bond donors (Lipinski definition) is 1. The molecule has 0 heterocycles. The smallest absolute Gasteiger partial charge is 0.337 e. The van der Waals surface area contributed by atoms with E-state index in [1.165, 1.54) is 7.11 Å². The lowest BCUT2D eigenvalue weighted by Gasteiger charge is -2.20. The number of carbonyl (C=O) groups excluding carboxylic acids is 3. The fourth-order valence-corrected chi connectivity index (χ4v) is 2.94. The summed E-state index contributed by atoms with van der Waals surface area (Å²) in [5.74, 6) is -1.77. The van der Waals surface area contributed by atoms with E-state index in [1.54, 1.807) is 48.5 Å². The minimum atomic E-state index is -0.481. The van der Waals surface area contributed by atoms with Crippen LogP contribution in [0.5, 0.6) is 0 Å². The molecule has 0 saturated carbocycles.